The van der Waals surface area contributed by atoms with Crippen molar-refractivity contribution in [1.82, 2.24) is 5.59 Å². The molecule has 5 N–H and O–H groups in total. The van der Waals surface area contributed by atoms with Crippen molar-refractivity contribution in [3.8, 4) is 0 Å². The van der Waals surface area contributed by atoms with Crippen molar-refractivity contribution >= 4 is 25.9 Å². The van der Waals surface area contributed by atoms with E-state index in [2.05, 4.69) is 0 Å². The summed E-state index contributed by atoms with van der Waals surface area (Å²) in [5.41, 5.74) is 3.07. The quantitative estimate of drug-likeness (QED) is 0.363. The van der Waals surface area contributed by atoms with Crippen molar-refractivity contribution in [3.05, 3.63) is 18.2 Å². The molecule has 0 bridgehead atoms. The van der Waals surface area contributed by atoms with Crippen molar-refractivity contribution in [2.24, 2.45) is 0 Å². The van der Waals surface area contributed by atoms with Crippen LogP contribution in [0.1, 0.15) is 0 Å². The molecule has 0 aliphatic heterocycles. The molecular formula is C6H8N2O7S2. The number of hydrogen-bond acceptors (Lipinski definition) is 7. The summed E-state index contributed by atoms with van der Waals surface area (Å²) in [4.78, 5) is -1.54. The Morgan fingerprint density at radius 1 is 1.00 bits per heavy atom. The highest BCUT2D eigenvalue weighted by molar-refractivity contribution is 7.86. The highest BCUT2D eigenvalue weighted by Crippen LogP contribution is 2.24. The summed E-state index contributed by atoms with van der Waals surface area (Å²) in [6.45, 7) is 0. The van der Waals surface area contributed by atoms with Gasteiger partial charge in [-0.2, -0.15) is 16.8 Å². The van der Waals surface area contributed by atoms with E-state index < -0.39 is 30.0 Å². The zero-order valence-corrected chi connectivity index (χ0v) is 9.66. The third-order valence-corrected chi connectivity index (χ3v) is 3.46. The fourth-order valence-corrected chi connectivity index (χ4v) is 2.29. The Bertz CT molecular complexity index is 622. The molecule has 0 unspecified atom stereocenters. The molecule has 0 aliphatic rings. The standard InChI is InChI=1S/C6H8N2O7S2/c9-8-7-5-2-1-4(16(10,11)12)3-6(5)17(13,14)15/h1-3,7-9H,(H,10,11,12)(H,13,14,15). The molecule has 9 nitrogen and oxygen atoms in total. The molecule has 0 heterocycles. The number of anilines is 1. The maximum absolute atomic E-state index is 10.9. The first-order valence-corrected chi connectivity index (χ1v) is 6.78. The Hall–Kier alpha value is -1.24. The minimum atomic E-state index is -4.73. The lowest BCUT2D eigenvalue weighted by Gasteiger charge is -2.09. The van der Waals surface area contributed by atoms with Gasteiger partial charge in [-0.15, -0.1) is 5.59 Å². The minimum absolute atomic E-state index is 0.303. The van der Waals surface area contributed by atoms with E-state index in [4.69, 9.17) is 14.3 Å². The normalized spacial score (nSPS) is 12.4. The highest BCUT2D eigenvalue weighted by atomic mass is 32.2. The van der Waals surface area contributed by atoms with Crippen LogP contribution in [-0.2, 0) is 20.2 Å². The van der Waals surface area contributed by atoms with Crippen LogP contribution >= 0.6 is 0 Å². The fourth-order valence-electron chi connectivity index (χ4n) is 1.04. The van der Waals surface area contributed by atoms with Gasteiger partial charge in [-0.25, -0.2) is 0 Å². The molecule has 0 saturated carbocycles. The predicted octanol–water partition coefficient (Wildman–Crippen LogP) is -0.514. The van der Waals surface area contributed by atoms with Gasteiger partial charge >= 0.3 is 0 Å². The number of nitrogens with one attached hydrogen (secondary N) is 2. The fraction of sp³-hybridized carbons (Fsp3) is 0. The summed E-state index contributed by atoms with van der Waals surface area (Å²) in [5.74, 6) is 0. The summed E-state index contributed by atoms with van der Waals surface area (Å²) in [6, 6.07) is 2.34. The Labute approximate surface area is 96.5 Å². The third kappa shape index (κ3) is 3.36. The highest BCUT2D eigenvalue weighted by Gasteiger charge is 2.20. The van der Waals surface area contributed by atoms with Crippen LogP contribution in [0.5, 0.6) is 0 Å². The number of hydrogen-bond donors (Lipinski definition) is 5. The molecule has 0 atom stereocenters. The van der Waals surface area contributed by atoms with Gasteiger partial charge in [0.2, 0.25) is 0 Å². The van der Waals surface area contributed by atoms with Gasteiger partial charge in [0.25, 0.3) is 20.2 Å². The Kier molecular flexibility index (Phi) is 3.71. The van der Waals surface area contributed by atoms with E-state index in [1.54, 1.807) is 0 Å². The SMILES string of the molecule is O=S(=O)(O)c1ccc(NNO)c(S(=O)(=O)O)c1. The van der Waals surface area contributed by atoms with Crippen LogP contribution < -0.4 is 11.0 Å². The van der Waals surface area contributed by atoms with Gasteiger partial charge in [-0.3, -0.25) is 19.7 Å². The van der Waals surface area contributed by atoms with E-state index >= 15 is 0 Å². The largest absolute Gasteiger partial charge is 0.298 e. The van der Waals surface area contributed by atoms with E-state index in [9.17, 15) is 16.8 Å². The van der Waals surface area contributed by atoms with E-state index in [0.29, 0.717) is 6.07 Å². The predicted molar refractivity (Wildman–Crippen MR) is 54.6 cm³/mol. The first-order chi connectivity index (χ1) is 7.66. The molecule has 11 heteroatoms. The van der Waals surface area contributed by atoms with Gasteiger partial charge in [-0.1, -0.05) is 0 Å². The monoisotopic (exact) mass is 284 g/mol. The zero-order chi connectivity index (χ0) is 13.3. The van der Waals surface area contributed by atoms with Gasteiger partial charge < -0.3 is 0 Å². The molecule has 0 radical (unpaired) electrons. The summed E-state index contributed by atoms with van der Waals surface area (Å²) in [6.07, 6.45) is 0. The van der Waals surface area contributed by atoms with Crippen LogP contribution in [0.15, 0.2) is 28.0 Å². The molecule has 1 aromatic rings. The van der Waals surface area contributed by atoms with E-state index in [1.165, 1.54) is 5.59 Å². The van der Waals surface area contributed by atoms with Crippen molar-refractivity contribution in [3.63, 3.8) is 0 Å². The number of hydrazine groups is 1. The van der Waals surface area contributed by atoms with Crippen LogP contribution in [0.2, 0.25) is 0 Å². The molecule has 1 aromatic carbocycles. The second-order valence-electron chi connectivity index (χ2n) is 2.84. The second-order valence-corrected chi connectivity index (χ2v) is 5.66. The molecule has 0 aliphatic carbocycles. The molecule has 0 aromatic heterocycles. The summed E-state index contributed by atoms with van der Waals surface area (Å²) < 4.78 is 61.0. The average molecular weight is 284 g/mol. The molecular weight excluding hydrogens is 276 g/mol. The average Bonchev–Trinajstić information content (AvgIpc) is 2.15. The first-order valence-electron chi connectivity index (χ1n) is 3.90. The topological polar surface area (TPSA) is 153 Å². The Morgan fingerprint density at radius 3 is 2.00 bits per heavy atom. The molecule has 96 valence electrons. The van der Waals surface area contributed by atoms with Gasteiger partial charge in [0.1, 0.15) is 4.90 Å². The first kappa shape index (κ1) is 13.8. The van der Waals surface area contributed by atoms with E-state index in [0.717, 1.165) is 12.1 Å². The van der Waals surface area contributed by atoms with Crippen LogP contribution in [0.3, 0.4) is 0 Å². The molecule has 17 heavy (non-hydrogen) atoms. The third-order valence-electron chi connectivity index (χ3n) is 1.72. The number of rotatable bonds is 4. The second kappa shape index (κ2) is 4.56. The lowest BCUT2D eigenvalue weighted by Crippen LogP contribution is -2.18. The molecule has 0 fully saturated rings. The van der Waals surface area contributed by atoms with Crippen molar-refractivity contribution < 1.29 is 31.1 Å². The van der Waals surface area contributed by atoms with Gasteiger partial charge in [-0.05, 0) is 18.2 Å². The maximum Gasteiger partial charge on any atom is 0.296 e. The minimum Gasteiger partial charge on any atom is -0.298 e. The van der Waals surface area contributed by atoms with Crippen molar-refractivity contribution in [2.45, 2.75) is 9.79 Å². The molecule has 0 amide bonds. The van der Waals surface area contributed by atoms with Gasteiger partial charge in [0.15, 0.2) is 0 Å². The zero-order valence-electron chi connectivity index (χ0n) is 8.02. The van der Waals surface area contributed by atoms with Crippen LogP contribution in [0.4, 0.5) is 5.69 Å². The Balaban J connectivity index is 3.51. The van der Waals surface area contributed by atoms with Crippen LogP contribution in [0, 0.1) is 0 Å². The van der Waals surface area contributed by atoms with Crippen LogP contribution in [-0.4, -0.2) is 31.1 Å². The van der Waals surface area contributed by atoms with Gasteiger partial charge in [0.05, 0.1) is 10.6 Å². The number of benzene rings is 1. The molecule has 0 saturated heterocycles. The smallest absolute Gasteiger partial charge is 0.296 e. The van der Waals surface area contributed by atoms with Crippen LogP contribution in [0.25, 0.3) is 0 Å². The summed E-state index contributed by atoms with van der Waals surface area (Å²) in [7, 11) is -9.33. The maximum atomic E-state index is 10.9. The summed E-state index contributed by atoms with van der Waals surface area (Å²) >= 11 is 0. The molecule has 1 rings (SSSR count). The van der Waals surface area contributed by atoms with E-state index in [-0.39, 0.29) is 5.69 Å². The summed E-state index contributed by atoms with van der Waals surface area (Å²) in [5, 5.41) is 8.33. The lowest BCUT2D eigenvalue weighted by molar-refractivity contribution is 0.192. The Morgan fingerprint density at radius 2 is 1.59 bits per heavy atom. The van der Waals surface area contributed by atoms with E-state index in [1.807, 2.05) is 5.43 Å². The van der Waals surface area contributed by atoms with Crippen molar-refractivity contribution in [2.75, 3.05) is 5.43 Å². The lowest BCUT2D eigenvalue weighted by atomic mass is 10.3. The molecule has 0 spiro atoms. The van der Waals surface area contributed by atoms with Gasteiger partial charge in [0, 0.05) is 0 Å². The van der Waals surface area contributed by atoms with Crippen molar-refractivity contribution in [1.29, 1.82) is 0 Å².